The molecule has 3 N–H and O–H groups in total. The van der Waals surface area contributed by atoms with Gasteiger partial charge in [-0.1, -0.05) is 0 Å². The molecule has 0 heterocycles. The van der Waals surface area contributed by atoms with Crippen LogP contribution in [0.4, 0.5) is 9.18 Å². The highest BCUT2D eigenvalue weighted by atomic mass is 19.1. The fourth-order valence-electron chi connectivity index (χ4n) is 2.42. The van der Waals surface area contributed by atoms with Crippen LogP contribution in [0.5, 0.6) is 5.75 Å². The van der Waals surface area contributed by atoms with Gasteiger partial charge >= 0.3 is 6.16 Å². The Morgan fingerprint density at radius 2 is 2.15 bits per heavy atom. The number of hydrogen-bond acceptors (Lipinski definition) is 4. The standard InChI is InChI=1S/C14H18FNO4/c1-8(16)12-6-9(15)2-5-13(12)19-10-3-4-11(7-10)20-14(17)18/h2,5-6,8,10-11H,3-4,7,16H2,1H3,(H,17,18)/t8?,10-,11+/m0/s1. The van der Waals surface area contributed by atoms with E-state index in [0.717, 1.165) is 0 Å². The predicted molar refractivity (Wildman–Crippen MR) is 70.2 cm³/mol. The smallest absolute Gasteiger partial charge is 0.490 e. The van der Waals surface area contributed by atoms with Crippen molar-refractivity contribution >= 4 is 6.16 Å². The van der Waals surface area contributed by atoms with Crippen LogP contribution in [0.15, 0.2) is 18.2 Å². The quantitative estimate of drug-likeness (QED) is 0.830. The minimum Gasteiger partial charge on any atom is -0.490 e. The monoisotopic (exact) mass is 283 g/mol. The van der Waals surface area contributed by atoms with E-state index in [0.29, 0.717) is 30.6 Å². The van der Waals surface area contributed by atoms with Gasteiger partial charge in [0.2, 0.25) is 0 Å². The zero-order valence-corrected chi connectivity index (χ0v) is 11.2. The number of halogens is 1. The molecule has 1 aliphatic carbocycles. The Morgan fingerprint density at radius 3 is 2.80 bits per heavy atom. The third-order valence-corrected chi connectivity index (χ3v) is 3.36. The highest BCUT2D eigenvalue weighted by Gasteiger charge is 2.29. The molecule has 1 unspecified atom stereocenters. The molecule has 1 aromatic carbocycles. The van der Waals surface area contributed by atoms with Crippen LogP contribution in [0.2, 0.25) is 0 Å². The summed E-state index contributed by atoms with van der Waals surface area (Å²) < 4.78 is 23.8. The number of carbonyl (C=O) groups is 1. The Bertz CT molecular complexity index is 492. The van der Waals surface area contributed by atoms with Gasteiger partial charge in [0, 0.05) is 18.0 Å². The maximum absolute atomic E-state index is 13.2. The summed E-state index contributed by atoms with van der Waals surface area (Å²) in [7, 11) is 0. The summed E-state index contributed by atoms with van der Waals surface area (Å²) in [6.07, 6.45) is 0.0919. The van der Waals surface area contributed by atoms with Crippen LogP contribution in [-0.4, -0.2) is 23.5 Å². The molecule has 3 atom stereocenters. The first-order chi connectivity index (χ1) is 9.45. The molecular formula is C14H18FNO4. The molecule has 5 nitrogen and oxygen atoms in total. The number of ether oxygens (including phenoxy) is 2. The van der Waals surface area contributed by atoms with E-state index >= 15 is 0 Å². The molecule has 0 amide bonds. The summed E-state index contributed by atoms with van der Waals surface area (Å²) >= 11 is 0. The van der Waals surface area contributed by atoms with E-state index in [1.165, 1.54) is 12.1 Å². The topological polar surface area (TPSA) is 81.8 Å². The Kier molecular flexibility index (Phi) is 4.44. The van der Waals surface area contributed by atoms with Crippen LogP contribution >= 0.6 is 0 Å². The number of nitrogens with two attached hydrogens (primary N) is 1. The van der Waals surface area contributed by atoms with Crippen LogP contribution in [0, 0.1) is 5.82 Å². The normalized spacial score (nSPS) is 23.4. The number of rotatable bonds is 4. The van der Waals surface area contributed by atoms with Gasteiger partial charge in [0.25, 0.3) is 0 Å². The molecule has 2 rings (SSSR count). The highest BCUT2D eigenvalue weighted by Crippen LogP contribution is 2.31. The van der Waals surface area contributed by atoms with Crippen molar-refractivity contribution in [2.24, 2.45) is 5.73 Å². The largest absolute Gasteiger partial charge is 0.506 e. The molecular weight excluding hydrogens is 265 g/mol. The van der Waals surface area contributed by atoms with Crippen molar-refractivity contribution in [1.29, 1.82) is 0 Å². The number of carboxylic acid groups (broad SMARTS) is 1. The minimum absolute atomic E-state index is 0.137. The summed E-state index contributed by atoms with van der Waals surface area (Å²) in [5.74, 6) is 0.186. The van der Waals surface area contributed by atoms with Crippen molar-refractivity contribution in [3.8, 4) is 5.75 Å². The molecule has 20 heavy (non-hydrogen) atoms. The van der Waals surface area contributed by atoms with Crippen molar-refractivity contribution in [3.05, 3.63) is 29.6 Å². The van der Waals surface area contributed by atoms with Gasteiger partial charge in [-0.2, -0.15) is 0 Å². The van der Waals surface area contributed by atoms with Gasteiger partial charge in [0.05, 0.1) is 0 Å². The Morgan fingerprint density at radius 1 is 1.45 bits per heavy atom. The summed E-state index contributed by atoms with van der Waals surface area (Å²) in [6.45, 7) is 1.76. The van der Waals surface area contributed by atoms with Gasteiger partial charge < -0.3 is 20.3 Å². The van der Waals surface area contributed by atoms with Crippen LogP contribution in [0.25, 0.3) is 0 Å². The first kappa shape index (κ1) is 14.6. The lowest BCUT2D eigenvalue weighted by atomic mass is 10.1. The fraction of sp³-hybridized carbons (Fsp3) is 0.500. The minimum atomic E-state index is -1.27. The van der Waals surface area contributed by atoms with Crippen molar-refractivity contribution in [2.45, 2.75) is 44.4 Å². The predicted octanol–water partition coefficient (Wildman–Crippen LogP) is 2.84. The zero-order chi connectivity index (χ0) is 14.7. The van der Waals surface area contributed by atoms with Crippen molar-refractivity contribution in [2.75, 3.05) is 0 Å². The van der Waals surface area contributed by atoms with Gasteiger partial charge in [-0.3, -0.25) is 0 Å². The van der Waals surface area contributed by atoms with Gasteiger partial charge in [0.1, 0.15) is 23.8 Å². The Hall–Kier alpha value is -1.82. The summed E-state index contributed by atoms with van der Waals surface area (Å²) in [5, 5.41) is 8.58. The van der Waals surface area contributed by atoms with E-state index < -0.39 is 6.16 Å². The second-order valence-electron chi connectivity index (χ2n) is 5.03. The molecule has 1 fully saturated rings. The summed E-state index contributed by atoms with van der Waals surface area (Å²) in [5.41, 5.74) is 6.41. The molecule has 1 saturated carbocycles. The van der Waals surface area contributed by atoms with E-state index in [4.69, 9.17) is 20.3 Å². The van der Waals surface area contributed by atoms with E-state index in [2.05, 4.69) is 0 Å². The van der Waals surface area contributed by atoms with E-state index in [1.54, 1.807) is 13.0 Å². The molecule has 110 valence electrons. The molecule has 0 spiro atoms. The molecule has 1 aromatic rings. The van der Waals surface area contributed by atoms with E-state index in [9.17, 15) is 9.18 Å². The molecule has 6 heteroatoms. The second-order valence-corrected chi connectivity index (χ2v) is 5.03. The molecule has 0 bridgehead atoms. The molecule has 0 aliphatic heterocycles. The molecule has 0 aromatic heterocycles. The second kappa shape index (κ2) is 6.09. The average molecular weight is 283 g/mol. The van der Waals surface area contributed by atoms with Crippen LogP contribution in [-0.2, 0) is 4.74 Å². The lowest BCUT2D eigenvalue weighted by Gasteiger charge is -2.18. The first-order valence-corrected chi connectivity index (χ1v) is 6.57. The van der Waals surface area contributed by atoms with Crippen LogP contribution < -0.4 is 10.5 Å². The van der Waals surface area contributed by atoms with Crippen LogP contribution in [0.3, 0.4) is 0 Å². The van der Waals surface area contributed by atoms with Gasteiger partial charge in [-0.25, -0.2) is 9.18 Å². The van der Waals surface area contributed by atoms with E-state index in [1.807, 2.05) is 0 Å². The summed E-state index contributed by atoms with van der Waals surface area (Å²) in [6, 6.07) is 3.90. The lowest BCUT2D eigenvalue weighted by molar-refractivity contribution is 0.0497. The van der Waals surface area contributed by atoms with Gasteiger partial charge in [0.15, 0.2) is 0 Å². The Labute approximate surface area is 116 Å². The lowest BCUT2D eigenvalue weighted by Crippen LogP contribution is -2.18. The van der Waals surface area contributed by atoms with Crippen molar-refractivity contribution < 1.29 is 23.8 Å². The van der Waals surface area contributed by atoms with Gasteiger partial charge in [-0.15, -0.1) is 0 Å². The maximum atomic E-state index is 13.2. The highest BCUT2D eigenvalue weighted by molar-refractivity contribution is 5.57. The van der Waals surface area contributed by atoms with Crippen LogP contribution in [0.1, 0.15) is 37.8 Å². The third-order valence-electron chi connectivity index (χ3n) is 3.36. The number of benzene rings is 1. The SMILES string of the molecule is CC(N)c1cc(F)ccc1O[C@H]1CC[C@@H](OC(=O)O)C1. The van der Waals surface area contributed by atoms with Crippen molar-refractivity contribution in [3.63, 3.8) is 0 Å². The molecule has 0 saturated heterocycles. The van der Waals surface area contributed by atoms with E-state index in [-0.39, 0.29) is 24.1 Å². The fourth-order valence-corrected chi connectivity index (χ4v) is 2.42. The van der Waals surface area contributed by atoms with Gasteiger partial charge in [-0.05, 0) is 38.0 Å². The average Bonchev–Trinajstić information content (AvgIpc) is 2.77. The van der Waals surface area contributed by atoms with Crippen molar-refractivity contribution in [1.82, 2.24) is 0 Å². The maximum Gasteiger partial charge on any atom is 0.506 e. The third kappa shape index (κ3) is 3.60. The molecule has 0 radical (unpaired) electrons. The molecule has 1 aliphatic rings. The zero-order valence-electron chi connectivity index (χ0n) is 11.2. The summed E-state index contributed by atoms with van der Waals surface area (Å²) in [4.78, 5) is 10.5. The number of hydrogen-bond donors (Lipinski definition) is 2. The first-order valence-electron chi connectivity index (χ1n) is 6.57. The Balaban J connectivity index is 2.02.